The van der Waals surface area contributed by atoms with Gasteiger partial charge in [-0.2, -0.15) is 11.8 Å². The number of aliphatic imine (C=N–C) groups is 1. The first-order valence-electron chi connectivity index (χ1n) is 8.10. The Labute approximate surface area is 155 Å². The third kappa shape index (κ3) is 8.21. The lowest BCUT2D eigenvalue weighted by Gasteiger charge is -2.15. The van der Waals surface area contributed by atoms with Gasteiger partial charge in [0.05, 0.1) is 13.2 Å². The summed E-state index contributed by atoms with van der Waals surface area (Å²) in [6, 6.07) is 0. The fourth-order valence-corrected chi connectivity index (χ4v) is 3.78. The molecule has 0 amide bonds. The average molecular weight is 443 g/mol. The van der Waals surface area contributed by atoms with Crippen molar-refractivity contribution in [3.8, 4) is 0 Å². The first kappa shape index (κ1) is 20.3. The molecule has 0 spiro atoms. The third-order valence-electron chi connectivity index (χ3n) is 3.88. The molecule has 0 saturated carbocycles. The summed E-state index contributed by atoms with van der Waals surface area (Å²) in [6.45, 7) is 5.33. The highest BCUT2D eigenvalue weighted by Crippen LogP contribution is 2.25. The monoisotopic (exact) mass is 443 g/mol. The van der Waals surface area contributed by atoms with Crippen LogP contribution in [-0.2, 0) is 9.47 Å². The number of thioether (sulfide) groups is 1. The Balaban J connectivity index is 0.00000242. The maximum absolute atomic E-state index is 5.69. The van der Waals surface area contributed by atoms with E-state index < -0.39 is 0 Å². The molecule has 2 heterocycles. The molecule has 2 unspecified atom stereocenters. The topological polar surface area (TPSA) is 54.9 Å². The second-order valence-electron chi connectivity index (χ2n) is 5.67. The van der Waals surface area contributed by atoms with Gasteiger partial charge < -0.3 is 20.1 Å². The van der Waals surface area contributed by atoms with Gasteiger partial charge in [-0.3, -0.25) is 4.99 Å². The molecule has 0 aliphatic carbocycles. The molecular weight excluding hydrogens is 413 g/mol. The van der Waals surface area contributed by atoms with Crippen LogP contribution >= 0.6 is 35.7 Å². The van der Waals surface area contributed by atoms with Crippen LogP contribution < -0.4 is 10.6 Å². The van der Waals surface area contributed by atoms with E-state index in [4.69, 9.17) is 9.47 Å². The summed E-state index contributed by atoms with van der Waals surface area (Å²) in [6.07, 6.45) is 4.83. The normalized spacial score (nSPS) is 25.0. The molecule has 22 heavy (non-hydrogen) atoms. The second kappa shape index (κ2) is 12.7. The summed E-state index contributed by atoms with van der Waals surface area (Å²) in [5.74, 6) is 2.82. The molecule has 2 saturated heterocycles. The summed E-state index contributed by atoms with van der Waals surface area (Å²) in [5.41, 5.74) is 0. The van der Waals surface area contributed by atoms with Crippen LogP contribution in [0, 0.1) is 5.92 Å². The summed E-state index contributed by atoms with van der Waals surface area (Å²) in [4.78, 5) is 4.26. The highest BCUT2D eigenvalue weighted by molar-refractivity contribution is 14.0. The van der Waals surface area contributed by atoms with Gasteiger partial charge in [0.15, 0.2) is 5.96 Å². The number of nitrogens with one attached hydrogen (secondary N) is 2. The van der Waals surface area contributed by atoms with E-state index in [1.165, 1.54) is 18.6 Å². The Morgan fingerprint density at radius 1 is 1.36 bits per heavy atom. The van der Waals surface area contributed by atoms with Crippen LogP contribution in [0.4, 0.5) is 0 Å². The van der Waals surface area contributed by atoms with Crippen LogP contribution in [0.2, 0.25) is 0 Å². The van der Waals surface area contributed by atoms with Crippen LogP contribution in [0.15, 0.2) is 4.99 Å². The highest BCUT2D eigenvalue weighted by atomic mass is 127. The summed E-state index contributed by atoms with van der Waals surface area (Å²) in [5, 5.41) is 7.50. The van der Waals surface area contributed by atoms with Crippen LogP contribution in [0.25, 0.3) is 0 Å². The van der Waals surface area contributed by atoms with Crippen molar-refractivity contribution < 1.29 is 9.47 Å². The lowest BCUT2D eigenvalue weighted by atomic mass is 10.1. The zero-order valence-electron chi connectivity index (χ0n) is 13.5. The molecule has 2 rings (SSSR count). The SMILES string of the molecule is CN=C(NCCCOCC1CCOC1)NCC1CCCS1.I. The van der Waals surface area contributed by atoms with Crippen molar-refractivity contribution in [1.82, 2.24) is 10.6 Å². The average Bonchev–Trinajstić information content (AvgIpc) is 3.19. The molecule has 130 valence electrons. The maximum atomic E-state index is 5.69. The summed E-state index contributed by atoms with van der Waals surface area (Å²) >= 11 is 2.07. The van der Waals surface area contributed by atoms with Crippen molar-refractivity contribution in [2.75, 3.05) is 52.3 Å². The Bertz CT molecular complexity index is 309. The molecule has 5 nitrogen and oxygen atoms in total. The molecule has 0 aromatic rings. The Kier molecular flexibility index (Phi) is 11.7. The van der Waals surface area contributed by atoms with Gasteiger partial charge in [0.2, 0.25) is 0 Å². The largest absolute Gasteiger partial charge is 0.381 e. The zero-order chi connectivity index (χ0) is 14.8. The van der Waals surface area contributed by atoms with Gasteiger partial charge in [-0.1, -0.05) is 0 Å². The van der Waals surface area contributed by atoms with Crippen LogP contribution in [-0.4, -0.2) is 63.5 Å². The Hall–Kier alpha value is 0.270. The number of halogens is 1. The van der Waals surface area contributed by atoms with Crippen molar-refractivity contribution in [3.05, 3.63) is 0 Å². The first-order valence-corrected chi connectivity index (χ1v) is 9.15. The van der Waals surface area contributed by atoms with Gasteiger partial charge in [0, 0.05) is 44.5 Å². The van der Waals surface area contributed by atoms with Gasteiger partial charge in [0.1, 0.15) is 0 Å². The highest BCUT2D eigenvalue weighted by Gasteiger charge is 2.16. The molecule has 7 heteroatoms. The van der Waals surface area contributed by atoms with Crippen LogP contribution in [0.1, 0.15) is 25.7 Å². The molecule has 2 N–H and O–H groups in total. The predicted octanol–water partition coefficient (Wildman–Crippen LogP) is 2.11. The number of guanidine groups is 1. The molecule has 0 bridgehead atoms. The standard InChI is InChI=1S/C15H29N3O2S.HI/c1-16-15(18-10-14-4-2-9-21-14)17-6-3-7-19-11-13-5-8-20-12-13;/h13-14H,2-12H2,1H3,(H2,16,17,18);1H. The number of nitrogens with zero attached hydrogens (tertiary/aromatic N) is 1. The molecule has 2 fully saturated rings. The molecular formula is C15H30IN3O2S. The van der Waals surface area contributed by atoms with Crippen LogP contribution in [0.5, 0.6) is 0 Å². The van der Waals surface area contributed by atoms with Crippen molar-refractivity contribution >= 4 is 41.7 Å². The van der Waals surface area contributed by atoms with Crippen LogP contribution in [0.3, 0.4) is 0 Å². The molecule has 2 atom stereocenters. The van der Waals surface area contributed by atoms with Crippen molar-refractivity contribution in [2.24, 2.45) is 10.9 Å². The quantitative estimate of drug-likeness (QED) is 0.261. The van der Waals surface area contributed by atoms with E-state index >= 15 is 0 Å². The summed E-state index contributed by atoms with van der Waals surface area (Å²) < 4.78 is 11.0. The van der Waals surface area contributed by atoms with Crippen molar-refractivity contribution in [2.45, 2.75) is 30.9 Å². The van der Waals surface area contributed by atoms with E-state index in [0.717, 1.165) is 63.6 Å². The number of hydrogen-bond acceptors (Lipinski definition) is 4. The van der Waals surface area contributed by atoms with E-state index in [2.05, 4.69) is 27.4 Å². The fourth-order valence-electron chi connectivity index (χ4n) is 2.58. The molecule has 0 radical (unpaired) electrons. The minimum Gasteiger partial charge on any atom is -0.381 e. The number of hydrogen-bond donors (Lipinski definition) is 2. The van der Waals surface area contributed by atoms with Gasteiger partial charge in [-0.05, 0) is 31.4 Å². The van der Waals surface area contributed by atoms with Gasteiger partial charge >= 0.3 is 0 Å². The lowest BCUT2D eigenvalue weighted by Crippen LogP contribution is -2.40. The van der Waals surface area contributed by atoms with Gasteiger partial charge in [-0.15, -0.1) is 24.0 Å². The smallest absolute Gasteiger partial charge is 0.191 e. The molecule has 2 aliphatic heterocycles. The van der Waals surface area contributed by atoms with E-state index in [1.807, 2.05) is 7.05 Å². The third-order valence-corrected chi connectivity index (χ3v) is 5.28. The molecule has 0 aromatic carbocycles. The molecule has 0 aromatic heterocycles. The van der Waals surface area contributed by atoms with E-state index in [1.54, 1.807) is 0 Å². The van der Waals surface area contributed by atoms with Crippen molar-refractivity contribution in [1.29, 1.82) is 0 Å². The minimum atomic E-state index is 0. The first-order chi connectivity index (χ1) is 10.4. The van der Waals surface area contributed by atoms with Crippen molar-refractivity contribution in [3.63, 3.8) is 0 Å². The van der Waals surface area contributed by atoms with Gasteiger partial charge in [0.25, 0.3) is 0 Å². The minimum absolute atomic E-state index is 0. The predicted molar refractivity (Wildman–Crippen MR) is 105 cm³/mol. The second-order valence-corrected chi connectivity index (χ2v) is 7.08. The Morgan fingerprint density at radius 2 is 2.27 bits per heavy atom. The Morgan fingerprint density at radius 3 is 2.95 bits per heavy atom. The fraction of sp³-hybridized carbons (Fsp3) is 0.933. The number of rotatable bonds is 8. The maximum Gasteiger partial charge on any atom is 0.191 e. The van der Waals surface area contributed by atoms with E-state index in [9.17, 15) is 0 Å². The number of ether oxygens (including phenoxy) is 2. The zero-order valence-corrected chi connectivity index (χ0v) is 16.7. The molecule has 2 aliphatic rings. The van der Waals surface area contributed by atoms with Gasteiger partial charge in [-0.25, -0.2) is 0 Å². The van der Waals surface area contributed by atoms with E-state index in [0.29, 0.717) is 5.92 Å². The summed E-state index contributed by atoms with van der Waals surface area (Å²) in [7, 11) is 1.83. The lowest BCUT2D eigenvalue weighted by molar-refractivity contribution is 0.0888. The van der Waals surface area contributed by atoms with E-state index in [-0.39, 0.29) is 24.0 Å².